The summed E-state index contributed by atoms with van der Waals surface area (Å²) in [6.07, 6.45) is 24.3. The van der Waals surface area contributed by atoms with Crippen LogP contribution in [0.1, 0.15) is 0 Å². The molecule has 2 saturated carbocycles. The standard InChI is InChI=1S/C15H14N2/c1-2-6-14(5-1)11-16-9-10-17(13-16)12-15-7-3-4-8-15/h1-10H,11-12H2. The lowest BCUT2D eigenvalue weighted by Crippen LogP contribution is -2.34. The van der Waals surface area contributed by atoms with E-state index in [1.165, 1.54) is 11.8 Å². The van der Waals surface area contributed by atoms with Crippen molar-refractivity contribution < 1.29 is 4.57 Å². The maximum Gasteiger partial charge on any atom is 0.203 e. The molecule has 0 spiro atoms. The second kappa shape index (κ2) is 5.24. The Morgan fingerprint density at radius 1 is 0.941 bits per heavy atom. The zero-order valence-corrected chi connectivity index (χ0v) is 9.58. The van der Waals surface area contributed by atoms with E-state index in [4.69, 9.17) is 0 Å². The lowest BCUT2D eigenvalue weighted by Gasteiger charge is -2.08. The summed E-state index contributed by atoms with van der Waals surface area (Å²) < 4.78 is 4.16. The lowest BCUT2D eigenvalue weighted by molar-refractivity contribution is -0.695. The zero-order chi connectivity index (χ0) is 11.5. The average Bonchev–Trinajstić information content (AvgIpc) is 3.02. The molecule has 2 aliphatic rings. The molecule has 0 saturated heterocycles. The van der Waals surface area contributed by atoms with Gasteiger partial charge in [0.2, 0.25) is 6.33 Å². The van der Waals surface area contributed by atoms with Crippen molar-refractivity contribution in [1.82, 2.24) is 4.57 Å². The van der Waals surface area contributed by atoms with Crippen molar-refractivity contribution in [2.45, 2.75) is 13.1 Å². The van der Waals surface area contributed by atoms with Crippen LogP contribution in [0.25, 0.3) is 0 Å². The van der Waals surface area contributed by atoms with E-state index in [2.05, 4.69) is 79.2 Å². The molecule has 0 aromatic carbocycles. The van der Waals surface area contributed by atoms with Gasteiger partial charge < -0.3 is 9.13 Å². The van der Waals surface area contributed by atoms with E-state index >= 15 is 0 Å². The minimum atomic E-state index is 0.890. The Morgan fingerprint density at radius 2 is 1.59 bits per heavy atom. The molecule has 1 heterocycles. The molecular weight excluding hydrogens is 208 g/mol. The molecular formula is C15H14N2. The molecule has 3 rings (SSSR count). The highest BCUT2D eigenvalue weighted by Crippen LogP contribution is 2.24. The Bertz CT molecular complexity index is 311. The van der Waals surface area contributed by atoms with Gasteiger partial charge >= 0.3 is 0 Å². The predicted molar refractivity (Wildman–Crippen MR) is 64.3 cm³/mol. The van der Waals surface area contributed by atoms with Crippen LogP contribution >= 0.6 is 0 Å². The predicted octanol–water partition coefficient (Wildman–Crippen LogP) is 1.39. The summed E-state index contributed by atoms with van der Waals surface area (Å²) in [6.45, 7) is 1.78. The van der Waals surface area contributed by atoms with Gasteiger partial charge in [-0.2, -0.15) is 0 Å². The summed E-state index contributed by atoms with van der Waals surface area (Å²) in [5.41, 5.74) is 0. The highest BCUT2D eigenvalue weighted by atomic mass is 15.1. The highest BCUT2D eigenvalue weighted by Gasteiger charge is 2.20. The second-order valence-electron chi connectivity index (χ2n) is 4.24. The molecule has 2 nitrogen and oxygen atoms in total. The number of rotatable bonds is 4. The second-order valence-corrected chi connectivity index (χ2v) is 4.24. The SMILES string of the molecule is [c-]1n(C[C]2[CH][CH][CH][CH]2)cc[n+]1C[C]1[CH][CH][CH][CH]1. The van der Waals surface area contributed by atoms with Gasteiger partial charge in [-0.3, -0.25) is 0 Å². The number of aromatic nitrogens is 2. The van der Waals surface area contributed by atoms with Gasteiger partial charge in [-0.25, -0.2) is 0 Å². The van der Waals surface area contributed by atoms with Crippen molar-refractivity contribution in [2.75, 3.05) is 0 Å². The summed E-state index contributed by atoms with van der Waals surface area (Å²) in [4.78, 5) is 0. The van der Waals surface area contributed by atoms with Crippen LogP contribution in [0, 0.1) is 69.5 Å². The Balaban J connectivity index is 1.54. The minimum Gasteiger partial charge on any atom is -0.351 e. The summed E-state index contributed by atoms with van der Waals surface area (Å²) in [5, 5.41) is 0. The van der Waals surface area contributed by atoms with Crippen LogP contribution in [0.15, 0.2) is 12.4 Å². The molecule has 1 aromatic rings. The summed E-state index contributed by atoms with van der Waals surface area (Å²) in [5.74, 6) is 2.63. The molecule has 0 N–H and O–H groups in total. The van der Waals surface area contributed by atoms with E-state index in [0.29, 0.717) is 0 Å². The molecule has 1 aromatic heterocycles. The smallest absolute Gasteiger partial charge is 0.203 e. The Kier molecular flexibility index (Phi) is 3.49. The average molecular weight is 222 g/mol. The topological polar surface area (TPSA) is 8.81 Å². The van der Waals surface area contributed by atoms with Crippen molar-refractivity contribution in [3.05, 3.63) is 81.9 Å². The van der Waals surface area contributed by atoms with Crippen molar-refractivity contribution in [2.24, 2.45) is 0 Å². The van der Waals surface area contributed by atoms with Crippen molar-refractivity contribution in [1.29, 1.82) is 0 Å². The molecule has 0 atom stereocenters. The van der Waals surface area contributed by atoms with Gasteiger partial charge in [-0.05, 0) is 63.8 Å². The molecule has 0 amide bonds. The van der Waals surface area contributed by atoms with Gasteiger partial charge in [-0.1, -0.05) is 0 Å². The van der Waals surface area contributed by atoms with Crippen LogP contribution in [-0.2, 0) is 13.1 Å². The van der Waals surface area contributed by atoms with E-state index in [0.717, 1.165) is 13.1 Å². The third kappa shape index (κ3) is 2.91. The van der Waals surface area contributed by atoms with Crippen molar-refractivity contribution >= 4 is 0 Å². The largest absolute Gasteiger partial charge is 0.351 e. The fourth-order valence-corrected chi connectivity index (χ4v) is 2.00. The number of hydrogen-bond donors (Lipinski definition) is 0. The highest BCUT2D eigenvalue weighted by molar-refractivity contribution is 5.35. The normalized spacial score (nSPS) is 22.6. The fraction of sp³-hybridized carbons (Fsp3) is 0.133. The van der Waals surface area contributed by atoms with Crippen LogP contribution in [0.3, 0.4) is 0 Å². The molecule has 2 heteroatoms. The van der Waals surface area contributed by atoms with E-state index in [9.17, 15) is 0 Å². The molecule has 17 heavy (non-hydrogen) atoms. The van der Waals surface area contributed by atoms with Gasteiger partial charge in [0.15, 0.2) is 0 Å². The first-order chi connectivity index (χ1) is 8.40. The van der Waals surface area contributed by atoms with Crippen LogP contribution in [0.5, 0.6) is 0 Å². The lowest BCUT2D eigenvalue weighted by atomic mass is 10.1. The third-order valence-electron chi connectivity index (χ3n) is 2.85. The van der Waals surface area contributed by atoms with Crippen LogP contribution in [0.2, 0.25) is 0 Å². The Labute approximate surface area is 105 Å². The van der Waals surface area contributed by atoms with E-state index in [1.807, 2.05) is 0 Å². The van der Waals surface area contributed by atoms with Crippen LogP contribution in [0.4, 0.5) is 0 Å². The van der Waals surface area contributed by atoms with Crippen molar-refractivity contribution in [3.8, 4) is 0 Å². The van der Waals surface area contributed by atoms with E-state index in [1.54, 1.807) is 0 Å². The maximum absolute atomic E-state index is 3.32. The van der Waals surface area contributed by atoms with E-state index < -0.39 is 0 Å². The van der Waals surface area contributed by atoms with Gasteiger partial charge in [0.25, 0.3) is 0 Å². The molecule has 0 bridgehead atoms. The monoisotopic (exact) mass is 222 g/mol. The molecule has 10 radical (unpaired) electrons. The van der Waals surface area contributed by atoms with Gasteiger partial charge in [0.1, 0.15) is 0 Å². The number of nitrogens with zero attached hydrogens (tertiary/aromatic N) is 2. The molecule has 0 aliphatic heterocycles. The first-order valence-electron chi connectivity index (χ1n) is 5.79. The van der Waals surface area contributed by atoms with Gasteiger partial charge in [0, 0.05) is 11.8 Å². The molecule has 84 valence electrons. The summed E-state index contributed by atoms with van der Waals surface area (Å²) in [7, 11) is 0. The number of imidazole rings is 1. The number of hydrogen-bond acceptors (Lipinski definition) is 0. The third-order valence-corrected chi connectivity index (χ3v) is 2.85. The minimum absolute atomic E-state index is 0.890. The van der Waals surface area contributed by atoms with Gasteiger partial charge in [-0.15, -0.1) is 0 Å². The van der Waals surface area contributed by atoms with E-state index in [-0.39, 0.29) is 0 Å². The zero-order valence-electron chi connectivity index (χ0n) is 9.58. The maximum atomic E-state index is 3.32. The fourth-order valence-electron chi connectivity index (χ4n) is 2.00. The molecule has 2 aliphatic carbocycles. The van der Waals surface area contributed by atoms with Gasteiger partial charge in [0.05, 0.1) is 13.1 Å². The van der Waals surface area contributed by atoms with Crippen LogP contribution < -0.4 is 4.57 Å². The van der Waals surface area contributed by atoms with Crippen LogP contribution in [-0.4, -0.2) is 4.57 Å². The molecule has 0 unspecified atom stereocenters. The Hall–Kier alpha value is -0.790. The molecule has 2 fully saturated rings. The summed E-state index contributed by atoms with van der Waals surface area (Å²) >= 11 is 0. The quantitative estimate of drug-likeness (QED) is 0.537. The first-order valence-corrected chi connectivity index (χ1v) is 5.79. The first kappa shape index (κ1) is 11.3. The van der Waals surface area contributed by atoms with Crippen molar-refractivity contribution in [3.63, 3.8) is 0 Å². The summed E-state index contributed by atoms with van der Waals surface area (Å²) in [6, 6.07) is 0. The Morgan fingerprint density at radius 3 is 2.29 bits per heavy atom.